The largest absolute Gasteiger partial charge is 0.523 e. The maximum Gasteiger partial charge on any atom is 0.523 e. The molecule has 13 nitrogen and oxygen atoms in total. The maximum absolute atomic E-state index is 13.9. The highest BCUT2D eigenvalue weighted by atomic mass is 35.5. The standard InChI is InChI=1S/C18H19ClFN3.C11H12ClFN2O.C8H13NO.C7H11NO.C2H3F3O3S/c19-13-5-3-12(4-6-13)18(9-14(20)10-18)17-22-21-16(11-1-2-11)23(17)15-7-8-15;12-8-3-1-7(2-4-8)11(10(16)15-14)5-9(13)6-11;1-10-8(6-2-3-6)9-7-4-5-7;9-7(5-1-2-5)8-6-3-4-6;1-8-9(6,7)2(3,4)5/h3-6,11,14-15H,1-2,7-10H2;1-4,9H,5-6,14H2,(H,15,16);6-7H,2-5H2,1H3;5-6H,1-4H2,(H,8,9);1H3. The van der Waals surface area contributed by atoms with Crippen molar-refractivity contribution in [2.75, 3.05) is 14.2 Å². The summed E-state index contributed by atoms with van der Waals surface area (Å²) in [4.78, 5) is 27.1. The predicted molar refractivity (Wildman–Crippen MR) is 242 cm³/mol. The Balaban J connectivity index is 0.000000132. The Hall–Kier alpha value is -3.91. The van der Waals surface area contributed by atoms with Gasteiger partial charge in [0.15, 0.2) is 5.90 Å². The molecule has 0 saturated heterocycles. The number of hydrogen-bond acceptors (Lipinski definition) is 10. The van der Waals surface area contributed by atoms with Crippen molar-refractivity contribution in [1.29, 1.82) is 0 Å². The summed E-state index contributed by atoms with van der Waals surface area (Å²) in [6, 6.07) is 16.4. The fourth-order valence-electron chi connectivity index (χ4n) is 8.14. The van der Waals surface area contributed by atoms with E-state index in [0.29, 0.717) is 71.8 Å². The number of halogens is 7. The van der Waals surface area contributed by atoms with Crippen LogP contribution in [0.1, 0.15) is 137 Å². The first-order chi connectivity index (χ1) is 31.8. The minimum Gasteiger partial charge on any atom is -0.484 e. The van der Waals surface area contributed by atoms with Crippen LogP contribution < -0.4 is 16.6 Å². The van der Waals surface area contributed by atoms with Crippen molar-refractivity contribution in [2.24, 2.45) is 22.7 Å². The number of carbonyl (C=O) groups excluding carboxylic acids is 2. The molecule has 0 aliphatic heterocycles. The number of aliphatic imine (C=N–C) groups is 1. The van der Waals surface area contributed by atoms with Crippen molar-refractivity contribution in [3.63, 3.8) is 0 Å². The molecular formula is C46H58Cl2F5N7O6S. The molecule has 4 N–H and O–H groups in total. The highest BCUT2D eigenvalue weighted by Gasteiger charge is 2.54. The van der Waals surface area contributed by atoms with Crippen molar-refractivity contribution >= 4 is 51.0 Å². The first kappa shape index (κ1) is 51.0. The number of methoxy groups -OCH3 is 1. The van der Waals surface area contributed by atoms with Gasteiger partial charge in [0.1, 0.15) is 24.0 Å². The van der Waals surface area contributed by atoms with E-state index in [9.17, 15) is 40.0 Å². The van der Waals surface area contributed by atoms with E-state index >= 15 is 0 Å². The number of hydrazine groups is 1. The number of rotatable bonds is 11. The molecule has 3 aromatic rings. The molecule has 8 aliphatic rings. The summed E-state index contributed by atoms with van der Waals surface area (Å²) < 4.78 is 90.3. The molecule has 0 radical (unpaired) electrons. The van der Waals surface area contributed by atoms with Crippen molar-refractivity contribution in [1.82, 2.24) is 25.5 Å². The Morgan fingerprint density at radius 1 is 0.776 bits per heavy atom. The highest BCUT2D eigenvalue weighted by molar-refractivity contribution is 7.87. The van der Waals surface area contributed by atoms with Crippen LogP contribution in [0.5, 0.6) is 0 Å². The van der Waals surface area contributed by atoms with Gasteiger partial charge in [0.25, 0.3) is 0 Å². The second-order valence-electron chi connectivity index (χ2n) is 18.7. The number of amides is 2. The molecule has 0 unspecified atom stereocenters. The summed E-state index contributed by atoms with van der Waals surface area (Å²) in [5.74, 6) is 9.88. The van der Waals surface area contributed by atoms with E-state index in [1.807, 2.05) is 24.3 Å². The first-order valence-corrected chi connectivity index (χ1v) is 25.0. The van der Waals surface area contributed by atoms with Crippen LogP contribution in [0.25, 0.3) is 0 Å². The number of nitrogens with two attached hydrogens (primary N) is 1. The zero-order valence-electron chi connectivity index (χ0n) is 37.4. The first-order valence-electron chi connectivity index (χ1n) is 22.9. The number of nitrogens with one attached hydrogen (secondary N) is 2. The molecule has 67 heavy (non-hydrogen) atoms. The average molecular weight is 1000 g/mol. The Bertz CT molecular complexity index is 2320. The lowest BCUT2D eigenvalue weighted by molar-refractivity contribution is -0.132. The molecule has 8 aliphatic carbocycles. The second kappa shape index (κ2) is 21.0. The maximum atomic E-state index is 13.9. The SMILES string of the molecule is COC(=NC1CC1)C1CC1.COS(=O)(=O)C(F)(F)F.FC1CC(c2ccc(Cl)cc2)(c2nnc(C3CC3)n2C2CC2)C1.NNC(=O)C1(c2ccc(Cl)cc2)CC(F)C1.O=C(NC1CC1)C1CC1. The van der Waals surface area contributed by atoms with E-state index in [2.05, 4.69) is 34.7 Å². The molecule has 2 aromatic carbocycles. The van der Waals surface area contributed by atoms with Crippen LogP contribution in [0.2, 0.25) is 10.0 Å². The quantitative estimate of drug-likeness (QED) is 0.0247. The summed E-state index contributed by atoms with van der Waals surface area (Å²) >= 11 is 11.8. The number of alkyl halides is 5. The number of nitrogens with zero attached hydrogens (tertiary/aromatic N) is 4. The predicted octanol–water partition coefficient (Wildman–Crippen LogP) is 9.02. The van der Waals surface area contributed by atoms with Crippen LogP contribution in [0.3, 0.4) is 0 Å². The molecule has 368 valence electrons. The van der Waals surface area contributed by atoms with Gasteiger partial charge in [-0.05, 0) is 138 Å². The van der Waals surface area contributed by atoms with Crippen LogP contribution in [0.15, 0.2) is 53.5 Å². The Morgan fingerprint density at radius 3 is 1.70 bits per heavy atom. The fourth-order valence-corrected chi connectivity index (χ4v) is 8.58. The number of benzene rings is 2. The number of hydrogen-bond donors (Lipinski definition) is 3. The molecule has 1 aromatic heterocycles. The molecule has 0 bridgehead atoms. The molecule has 8 saturated carbocycles. The zero-order chi connectivity index (χ0) is 48.3. The molecule has 0 atom stereocenters. The molecular weight excluding hydrogens is 945 g/mol. The number of ether oxygens (including phenoxy) is 1. The van der Waals surface area contributed by atoms with Gasteiger partial charge >= 0.3 is 15.6 Å². The summed E-state index contributed by atoms with van der Waals surface area (Å²) in [7, 11) is -3.15. The summed E-state index contributed by atoms with van der Waals surface area (Å²) in [5, 5.41) is 13.4. The van der Waals surface area contributed by atoms with Gasteiger partial charge in [0.05, 0.1) is 31.1 Å². The van der Waals surface area contributed by atoms with Gasteiger partial charge in [0.2, 0.25) is 11.8 Å². The van der Waals surface area contributed by atoms with Gasteiger partial charge in [-0.3, -0.25) is 24.2 Å². The van der Waals surface area contributed by atoms with Crippen LogP contribution in [0.4, 0.5) is 22.0 Å². The highest BCUT2D eigenvalue weighted by Crippen LogP contribution is 2.54. The minimum atomic E-state index is -5.34. The summed E-state index contributed by atoms with van der Waals surface area (Å²) in [6.07, 6.45) is 14.3. The Kier molecular flexibility index (Phi) is 16.0. The zero-order valence-corrected chi connectivity index (χ0v) is 39.7. The van der Waals surface area contributed by atoms with Crippen molar-refractivity contribution in [3.05, 3.63) is 81.4 Å². The van der Waals surface area contributed by atoms with Gasteiger partial charge in [0, 0.05) is 39.9 Å². The van der Waals surface area contributed by atoms with E-state index in [1.54, 1.807) is 31.4 Å². The van der Waals surface area contributed by atoms with E-state index in [4.69, 9.17) is 33.8 Å². The topological polar surface area (TPSA) is 180 Å². The summed E-state index contributed by atoms with van der Waals surface area (Å²) in [5.41, 5.74) is -2.47. The van der Waals surface area contributed by atoms with Crippen molar-refractivity contribution in [3.8, 4) is 0 Å². The smallest absolute Gasteiger partial charge is 0.484 e. The molecule has 2 amide bonds. The number of aromatic nitrogens is 3. The van der Waals surface area contributed by atoms with Gasteiger partial charge in [-0.1, -0.05) is 47.5 Å². The van der Waals surface area contributed by atoms with E-state index in [1.165, 1.54) is 64.2 Å². The third-order valence-electron chi connectivity index (χ3n) is 13.0. The third kappa shape index (κ3) is 13.0. The molecule has 8 fully saturated rings. The van der Waals surface area contributed by atoms with E-state index in [-0.39, 0.29) is 24.2 Å². The summed E-state index contributed by atoms with van der Waals surface area (Å²) in [6.45, 7) is 0. The minimum absolute atomic E-state index is 0.178. The Labute approximate surface area is 397 Å². The van der Waals surface area contributed by atoms with Crippen LogP contribution in [-0.4, -0.2) is 85.0 Å². The van der Waals surface area contributed by atoms with Gasteiger partial charge in [-0.2, -0.15) is 21.6 Å². The van der Waals surface area contributed by atoms with Crippen LogP contribution in [-0.2, 0) is 39.5 Å². The normalized spacial score (nSPS) is 26.4. The molecule has 1 heterocycles. The molecule has 0 spiro atoms. The second-order valence-corrected chi connectivity index (χ2v) is 21.3. The van der Waals surface area contributed by atoms with E-state index < -0.39 is 33.4 Å². The third-order valence-corrected chi connectivity index (χ3v) is 14.5. The van der Waals surface area contributed by atoms with Crippen molar-refractivity contribution < 1.29 is 48.9 Å². The molecule has 21 heteroatoms. The lowest BCUT2D eigenvalue weighted by Gasteiger charge is -2.44. The lowest BCUT2D eigenvalue weighted by Crippen LogP contribution is -2.55. The van der Waals surface area contributed by atoms with Crippen LogP contribution >= 0.6 is 23.2 Å². The average Bonchev–Trinajstić information content (AvgIpc) is 4.05. The van der Waals surface area contributed by atoms with E-state index in [0.717, 1.165) is 41.5 Å². The molecule has 11 rings (SSSR count). The van der Waals surface area contributed by atoms with Gasteiger partial charge in [-0.25, -0.2) is 14.6 Å². The monoisotopic (exact) mass is 1000 g/mol. The van der Waals surface area contributed by atoms with Crippen LogP contribution in [0, 0.1) is 11.8 Å². The van der Waals surface area contributed by atoms with Gasteiger partial charge in [-0.15, -0.1) is 10.2 Å². The fraction of sp³-hybridized carbons (Fsp3) is 0.630. The Morgan fingerprint density at radius 2 is 1.31 bits per heavy atom. The van der Waals surface area contributed by atoms with Crippen molar-refractivity contribution in [2.45, 2.75) is 155 Å². The van der Waals surface area contributed by atoms with Gasteiger partial charge < -0.3 is 14.6 Å². The number of carbonyl (C=O) groups is 2. The lowest BCUT2D eigenvalue weighted by atomic mass is 9.62.